The fourth-order valence-corrected chi connectivity index (χ4v) is 3.35. The van der Waals surface area contributed by atoms with Crippen molar-refractivity contribution in [3.8, 4) is 11.7 Å². The van der Waals surface area contributed by atoms with Gasteiger partial charge >= 0.3 is 5.63 Å². The van der Waals surface area contributed by atoms with Crippen LogP contribution in [0.5, 0.6) is 11.7 Å². The molecule has 0 radical (unpaired) electrons. The largest absolute Gasteiger partial charge is 0.506 e. The maximum atomic E-state index is 12.4. The van der Waals surface area contributed by atoms with Gasteiger partial charge in [-0.1, -0.05) is 18.2 Å². The van der Waals surface area contributed by atoms with E-state index in [1.54, 1.807) is 18.2 Å². The molecule has 0 unspecified atom stereocenters. The van der Waals surface area contributed by atoms with Crippen molar-refractivity contribution >= 4 is 43.5 Å². The molecule has 0 amide bonds. The SMILES string of the molecule is O=c1oc2cccc3c(O)oc4c5c(=O)cccc5c(O)c1c4c23. The first-order chi connectivity index (χ1) is 11.6. The topological polar surface area (TPSA) is 101 Å². The summed E-state index contributed by atoms with van der Waals surface area (Å²) in [6.45, 7) is 0. The monoisotopic (exact) mass is 320 g/mol. The van der Waals surface area contributed by atoms with Gasteiger partial charge in [0.1, 0.15) is 16.7 Å². The standard InChI is InChI=1S/C18H8O6/c19-9-5-1-3-7-11(9)16-13-12-8(17(21)24-16)4-2-6-10(12)23-18(22)14(13)15(7)20/h1-6,20-21H. The number of phenolic OH excluding ortho intramolecular Hbond substituents is 1. The fraction of sp³-hybridized carbons (Fsp3) is 0. The van der Waals surface area contributed by atoms with Gasteiger partial charge < -0.3 is 19.0 Å². The van der Waals surface area contributed by atoms with Crippen LogP contribution in [-0.2, 0) is 0 Å². The van der Waals surface area contributed by atoms with Gasteiger partial charge in [-0.15, -0.1) is 0 Å². The molecule has 5 aromatic rings. The van der Waals surface area contributed by atoms with E-state index in [4.69, 9.17) is 8.83 Å². The van der Waals surface area contributed by atoms with Crippen molar-refractivity contribution < 1.29 is 19.0 Å². The van der Waals surface area contributed by atoms with E-state index in [0.29, 0.717) is 10.8 Å². The lowest BCUT2D eigenvalue weighted by molar-refractivity contribution is 0.348. The molecule has 0 bridgehead atoms. The highest BCUT2D eigenvalue weighted by molar-refractivity contribution is 6.28. The van der Waals surface area contributed by atoms with E-state index in [0.717, 1.165) is 0 Å². The molecule has 116 valence electrons. The lowest BCUT2D eigenvalue weighted by Gasteiger charge is -2.12. The average molecular weight is 320 g/mol. The zero-order valence-corrected chi connectivity index (χ0v) is 12.0. The molecule has 2 aromatic heterocycles. The smallest absolute Gasteiger partial charge is 0.348 e. The second kappa shape index (κ2) is 4.05. The van der Waals surface area contributed by atoms with Gasteiger partial charge in [0, 0.05) is 16.2 Å². The highest BCUT2D eigenvalue weighted by atomic mass is 16.5. The van der Waals surface area contributed by atoms with Crippen LogP contribution in [0.15, 0.2) is 54.8 Å². The van der Waals surface area contributed by atoms with Gasteiger partial charge in [0.25, 0.3) is 5.95 Å². The Morgan fingerprint density at radius 2 is 1.50 bits per heavy atom. The summed E-state index contributed by atoms with van der Waals surface area (Å²) in [5.74, 6) is -0.726. The molecule has 0 aliphatic carbocycles. The molecular weight excluding hydrogens is 312 g/mol. The summed E-state index contributed by atoms with van der Waals surface area (Å²) in [7, 11) is 0. The summed E-state index contributed by atoms with van der Waals surface area (Å²) in [4.78, 5) is 24.7. The number of fused-ring (bicyclic) bond motifs is 2. The van der Waals surface area contributed by atoms with Gasteiger partial charge in [-0.25, -0.2) is 4.79 Å². The number of phenols is 1. The molecule has 0 fully saturated rings. The Morgan fingerprint density at radius 3 is 2.33 bits per heavy atom. The molecule has 2 heterocycles. The number of hydrogen-bond acceptors (Lipinski definition) is 6. The Morgan fingerprint density at radius 1 is 0.750 bits per heavy atom. The highest BCUT2D eigenvalue weighted by Crippen LogP contribution is 2.43. The van der Waals surface area contributed by atoms with Crippen LogP contribution in [0.4, 0.5) is 0 Å². The van der Waals surface area contributed by atoms with Crippen LogP contribution in [0.25, 0.3) is 43.5 Å². The number of aromatic hydroxyl groups is 2. The normalized spacial score (nSPS) is 12.0. The van der Waals surface area contributed by atoms with Crippen molar-refractivity contribution in [2.45, 2.75) is 0 Å². The summed E-state index contributed by atoms with van der Waals surface area (Å²) in [5.41, 5.74) is -0.828. The molecule has 6 heteroatoms. The van der Waals surface area contributed by atoms with E-state index in [-0.39, 0.29) is 43.9 Å². The molecule has 6 nitrogen and oxygen atoms in total. The lowest BCUT2D eigenvalue weighted by Crippen LogP contribution is -2.05. The number of hydrogen-bond donors (Lipinski definition) is 2. The maximum absolute atomic E-state index is 12.4. The number of rotatable bonds is 0. The summed E-state index contributed by atoms with van der Waals surface area (Å²) >= 11 is 0. The van der Waals surface area contributed by atoms with Crippen LogP contribution >= 0.6 is 0 Å². The van der Waals surface area contributed by atoms with Gasteiger partial charge in [-0.3, -0.25) is 4.79 Å². The van der Waals surface area contributed by atoms with Crippen LogP contribution < -0.4 is 11.1 Å². The van der Waals surface area contributed by atoms with Crippen molar-refractivity contribution in [1.82, 2.24) is 0 Å². The molecule has 0 aliphatic rings. The van der Waals surface area contributed by atoms with Crippen molar-refractivity contribution in [2.24, 2.45) is 0 Å². The predicted molar refractivity (Wildman–Crippen MR) is 88.1 cm³/mol. The molecule has 0 saturated carbocycles. The van der Waals surface area contributed by atoms with E-state index in [9.17, 15) is 19.8 Å². The lowest BCUT2D eigenvalue weighted by atomic mass is 9.97. The predicted octanol–water partition coefficient (Wildman–Crippen LogP) is 3.05. The molecule has 5 rings (SSSR count). The molecule has 3 aromatic carbocycles. The van der Waals surface area contributed by atoms with E-state index in [2.05, 4.69) is 0 Å². The Labute approximate surface area is 132 Å². The van der Waals surface area contributed by atoms with E-state index >= 15 is 0 Å². The van der Waals surface area contributed by atoms with Gasteiger partial charge in [-0.2, -0.15) is 0 Å². The second-order valence-corrected chi connectivity index (χ2v) is 5.58. The third-order valence-corrected chi connectivity index (χ3v) is 4.33. The van der Waals surface area contributed by atoms with Crippen molar-refractivity contribution in [2.75, 3.05) is 0 Å². The van der Waals surface area contributed by atoms with Crippen molar-refractivity contribution in [3.63, 3.8) is 0 Å². The molecule has 0 saturated heterocycles. The number of benzene rings is 3. The molecule has 0 atom stereocenters. The van der Waals surface area contributed by atoms with Gasteiger partial charge in [0.05, 0.1) is 10.8 Å². The summed E-state index contributed by atoms with van der Waals surface area (Å²) in [6, 6.07) is 9.09. The Hall–Kier alpha value is -3.54. The Balaban J connectivity index is 2.35. The summed E-state index contributed by atoms with van der Waals surface area (Å²) < 4.78 is 10.8. The zero-order valence-electron chi connectivity index (χ0n) is 12.0. The van der Waals surface area contributed by atoms with Crippen LogP contribution in [0.3, 0.4) is 0 Å². The third kappa shape index (κ3) is 1.35. The summed E-state index contributed by atoms with van der Waals surface area (Å²) in [5, 5.41) is 22.0. The van der Waals surface area contributed by atoms with E-state index in [1.165, 1.54) is 18.2 Å². The van der Waals surface area contributed by atoms with Crippen LogP contribution in [0.1, 0.15) is 0 Å². The summed E-state index contributed by atoms with van der Waals surface area (Å²) in [6.07, 6.45) is 0. The van der Waals surface area contributed by atoms with E-state index < -0.39 is 11.6 Å². The quantitative estimate of drug-likeness (QED) is 0.258. The first-order valence-corrected chi connectivity index (χ1v) is 7.16. The van der Waals surface area contributed by atoms with Crippen LogP contribution in [-0.4, -0.2) is 10.2 Å². The van der Waals surface area contributed by atoms with Gasteiger partial charge in [0.2, 0.25) is 0 Å². The fourth-order valence-electron chi connectivity index (χ4n) is 3.35. The molecule has 0 spiro atoms. The van der Waals surface area contributed by atoms with Crippen molar-refractivity contribution in [3.05, 3.63) is 57.0 Å². The average Bonchev–Trinajstić information content (AvgIpc) is 2.56. The first kappa shape index (κ1) is 13.0. The van der Waals surface area contributed by atoms with Crippen LogP contribution in [0, 0.1) is 0 Å². The molecule has 2 N–H and O–H groups in total. The van der Waals surface area contributed by atoms with Gasteiger partial charge in [0.15, 0.2) is 11.0 Å². The third-order valence-electron chi connectivity index (χ3n) is 4.33. The molecule has 24 heavy (non-hydrogen) atoms. The minimum Gasteiger partial charge on any atom is -0.506 e. The molecule has 0 aliphatic heterocycles. The minimum absolute atomic E-state index is 0.0532. The molecular formula is C18H8O6. The second-order valence-electron chi connectivity index (χ2n) is 5.58. The van der Waals surface area contributed by atoms with Crippen molar-refractivity contribution in [1.29, 1.82) is 0 Å². The van der Waals surface area contributed by atoms with Crippen LogP contribution in [0.2, 0.25) is 0 Å². The van der Waals surface area contributed by atoms with E-state index in [1.807, 2.05) is 0 Å². The first-order valence-electron chi connectivity index (χ1n) is 7.16. The Bertz CT molecular complexity index is 1410. The zero-order chi connectivity index (χ0) is 16.6. The van der Waals surface area contributed by atoms with Gasteiger partial charge in [-0.05, 0) is 18.2 Å². The minimum atomic E-state index is -0.739. The maximum Gasteiger partial charge on any atom is 0.348 e. The highest BCUT2D eigenvalue weighted by Gasteiger charge is 2.24. The Kier molecular flexibility index (Phi) is 2.19.